The molecule has 0 aliphatic rings. The van der Waals surface area contributed by atoms with Crippen molar-refractivity contribution in [1.29, 1.82) is 0 Å². The highest BCUT2D eigenvalue weighted by atomic mass is 32.2. The number of carbonyl (C=O) groups is 1. The van der Waals surface area contributed by atoms with E-state index in [0.717, 1.165) is 22.3 Å². The monoisotopic (exact) mass is 443 g/mol. The normalized spacial score (nSPS) is 11.9. The molecule has 8 nitrogen and oxygen atoms in total. The van der Waals surface area contributed by atoms with Crippen molar-refractivity contribution in [3.05, 3.63) is 47.5 Å². The van der Waals surface area contributed by atoms with E-state index in [1.807, 2.05) is 45.9 Å². The van der Waals surface area contributed by atoms with Crippen molar-refractivity contribution < 1.29 is 13.2 Å². The highest BCUT2D eigenvalue weighted by molar-refractivity contribution is 7.89. The van der Waals surface area contributed by atoms with Crippen molar-refractivity contribution in [3.63, 3.8) is 0 Å². The lowest BCUT2D eigenvalue weighted by molar-refractivity contribution is -0.116. The van der Waals surface area contributed by atoms with E-state index >= 15 is 0 Å². The fraction of sp³-hybridized carbons (Fsp3) is 0.409. The van der Waals surface area contributed by atoms with Crippen LogP contribution in [0.15, 0.2) is 41.3 Å². The molecule has 0 saturated heterocycles. The van der Waals surface area contributed by atoms with E-state index in [1.54, 1.807) is 22.9 Å². The Kier molecular flexibility index (Phi) is 7.07. The Labute approximate surface area is 183 Å². The number of aromatic nitrogens is 3. The maximum Gasteiger partial charge on any atom is 0.243 e. The van der Waals surface area contributed by atoms with Crippen molar-refractivity contribution >= 4 is 32.7 Å². The number of hydrogen-bond acceptors (Lipinski definition) is 5. The molecule has 1 N–H and O–H groups in total. The number of rotatable bonds is 9. The summed E-state index contributed by atoms with van der Waals surface area (Å²) in [5, 5.41) is 11.2. The Morgan fingerprint density at radius 1 is 1.13 bits per heavy atom. The van der Waals surface area contributed by atoms with Gasteiger partial charge in [-0.05, 0) is 55.7 Å². The summed E-state index contributed by atoms with van der Waals surface area (Å²) in [4.78, 5) is 12.5. The van der Waals surface area contributed by atoms with E-state index in [2.05, 4.69) is 15.6 Å². The van der Waals surface area contributed by atoms with E-state index in [-0.39, 0.29) is 10.8 Å². The van der Waals surface area contributed by atoms with Crippen LogP contribution in [0.2, 0.25) is 0 Å². The van der Waals surface area contributed by atoms with Gasteiger partial charge in [0.25, 0.3) is 0 Å². The highest BCUT2D eigenvalue weighted by Gasteiger charge is 2.22. The Morgan fingerprint density at radius 2 is 1.87 bits per heavy atom. The fourth-order valence-electron chi connectivity index (χ4n) is 3.48. The van der Waals surface area contributed by atoms with Crippen LogP contribution in [0.25, 0.3) is 11.0 Å². The zero-order valence-electron chi connectivity index (χ0n) is 18.4. The molecule has 0 spiro atoms. The van der Waals surface area contributed by atoms with Crippen molar-refractivity contribution in [2.45, 2.75) is 52.0 Å². The molecule has 1 amide bonds. The number of anilines is 1. The van der Waals surface area contributed by atoms with Crippen LogP contribution in [0, 0.1) is 13.8 Å². The van der Waals surface area contributed by atoms with Crippen LogP contribution in [-0.4, -0.2) is 46.7 Å². The first-order valence-electron chi connectivity index (χ1n) is 10.5. The molecule has 1 heterocycles. The molecular weight excluding hydrogens is 414 g/mol. The standard InChI is InChI=1S/C22H29N5O3S/c1-5-26(6-2)31(29,30)18-12-13-21-20(15-18)24-25-27(21)14-8-11-22(28)23-19-10-7-9-16(3)17(19)4/h7,9-10,12-13,15H,5-6,8,11,14H2,1-4H3,(H,23,28). The number of hydrogen-bond donors (Lipinski definition) is 1. The number of benzene rings is 2. The molecule has 0 radical (unpaired) electrons. The lowest BCUT2D eigenvalue weighted by atomic mass is 10.1. The molecule has 9 heteroatoms. The van der Waals surface area contributed by atoms with Crippen molar-refractivity contribution in [2.75, 3.05) is 18.4 Å². The first-order valence-corrected chi connectivity index (χ1v) is 11.9. The van der Waals surface area contributed by atoms with Gasteiger partial charge < -0.3 is 5.32 Å². The first-order chi connectivity index (χ1) is 14.8. The van der Waals surface area contributed by atoms with Crippen LogP contribution in [0.3, 0.4) is 0 Å². The number of aryl methyl sites for hydroxylation is 2. The van der Waals surface area contributed by atoms with Gasteiger partial charge in [-0.25, -0.2) is 13.1 Å². The average Bonchev–Trinajstić information content (AvgIpc) is 3.14. The minimum Gasteiger partial charge on any atom is -0.326 e. The lowest BCUT2D eigenvalue weighted by Crippen LogP contribution is -2.30. The third-order valence-corrected chi connectivity index (χ3v) is 7.53. The molecule has 0 atom stereocenters. The zero-order valence-corrected chi connectivity index (χ0v) is 19.2. The first kappa shape index (κ1) is 22.9. The molecule has 0 aliphatic carbocycles. The summed E-state index contributed by atoms with van der Waals surface area (Å²) in [6, 6.07) is 10.7. The number of nitrogens with zero attached hydrogens (tertiary/aromatic N) is 4. The molecule has 0 bridgehead atoms. The summed E-state index contributed by atoms with van der Waals surface area (Å²) in [5.41, 5.74) is 4.29. The predicted octanol–water partition coefficient (Wildman–Crippen LogP) is 3.50. The van der Waals surface area contributed by atoms with Crippen LogP contribution in [0.1, 0.15) is 37.8 Å². The molecule has 2 aromatic carbocycles. The molecule has 3 aromatic rings. The number of sulfonamides is 1. The molecule has 0 unspecified atom stereocenters. The summed E-state index contributed by atoms with van der Waals surface area (Å²) < 4.78 is 28.5. The zero-order chi connectivity index (χ0) is 22.6. The number of amides is 1. The lowest BCUT2D eigenvalue weighted by Gasteiger charge is -2.18. The minimum atomic E-state index is -3.54. The summed E-state index contributed by atoms with van der Waals surface area (Å²) in [7, 11) is -3.54. The second-order valence-electron chi connectivity index (χ2n) is 7.45. The third-order valence-electron chi connectivity index (χ3n) is 5.48. The van der Waals surface area contributed by atoms with E-state index < -0.39 is 10.0 Å². The van der Waals surface area contributed by atoms with Crippen molar-refractivity contribution in [2.24, 2.45) is 0 Å². The smallest absolute Gasteiger partial charge is 0.243 e. The summed E-state index contributed by atoms with van der Waals surface area (Å²) >= 11 is 0. The summed E-state index contributed by atoms with van der Waals surface area (Å²) in [6.07, 6.45) is 0.942. The molecule has 166 valence electrons. The van der Waals surface area contributed by atoms with Gasteiger partial charge in [-0.15, -0.1) is 5.10 Å². The quantitative estimate of drug-likeness (QED) is 0.546. The van der Waals surface area contributed by atoms with Gasteiger partial charge >= 0.3 is 0 Å². The van der Waals surface area contributed by atoms with Gasteiger partial charge in [0, 0.05) is 31.7 Å². The van der Waals surface area contributed by atoms with Gasteiger partial charge in [0.05, 0.1) is 10.4 Å². The topological polar surface area (TPSA) is 97.2 Å². The van der Waals surface area contributed by atoms with E-state index in [4.69, 9.17) is 0 Å². The van der Waals surface area contributed by atoms with Crippen molar-refractivity contribution in [3.8, 4) is 0 Å². The van der Waals surface area contributed by atoms with Gasteiger partial charge in [-0.1, -0.05) is 31.2 Å². The predicted molar refractivity (Wildman–Crippen MR) is 121 cm³/mol. The molecule has 3 rings (SSSR count). The second kappa shape index (κ2) is 9.57. The molecule has 0 fully saturated rings. The van der Waals surface area contributed by atoms with E-state index in [1.165, 1.54) is 4.31 Å². The maximum atomic E-state index is 12.7. The molecule has 0 aliphatic heterocycles. The van der Waals surface area contributed by atoms with Gasteiger partial charge in [-0.2, -0.15) is 4.31 Å². The summed E-state index contributed by atoms with van der Waals surface area (Å²) in [5.74, 6) is -0.0503. The molecule has 31 heavy (non-hydrogen) atoms. The van der Waals surface area contributed by atoms with Gasteiger partial charge in [0.2, 0.25) is 15.9 Å². The van der Waals surface area contributed by atoms with Gasteiger partial charge in [0.15, 0.2) is 0 Å². The van der Waals surface area contributed by atoms with Crippen molar-refractivity contribution in [1.82, 2.24) is 19.3 Å². The number of carbonyl (C=O) groups excluding carboxylic acids is 1. The SMILES string of the molecule is CCN(CC)S(=O)(=O)c1ccc2c(c1)nnn2CCCC(=O)Nc1cccc(C)c1C. The maximum absolute atomic E-state index is 12.7. The van der Waals surface area contributed by atoms with Crippen LogP contribution in [0.4, 0.5) is 5.69 Å². The summed E-state index contributed by atoms with van der Waals surface area (Å²) in [6.45, 7) is 8.96. The fourth-order valence-corrected chi connectivity index (χ4v) is 4.96. The van der Waals surface area contributed by atoms with Crippen LogP contribution in [-0.2, 0) is 21.4 Å². The Bertz CT molecular complexity index is 1180. The molecule has 0 saturated carbocycles. The third kappa shape index (κ3) is 4.94. The number of fused-ring (bicyclic) bond motifs is 1. The Morgan fingerprint density at radius 3 is 2.58 bits per heavy atom. The molecule has 1 aromatic heterocycles. The average molecular weight is 444 g/mol. The van der Waals surface area contributed by atoms with Gasteiger partial charge in [0.1, 0.15) is 5.52 Å². The molecular formula is C22H29N5O3S. The van der Waals surface area contributed by atoms with E-state index in [9.17, 15) is 13.2 Å². The highest BCUT2D eigenvalue weighted by Crippen LogP contribution is 2.21. The van der Waals surface area contributed by atoms with Crippen LogP contribution in [0.5, 0.6) is 0 Å². The minimum absolute atomic E-state index is 0.0503. The largest absolute Gasteiger partial charge is 0.326 e. The second-order valence-corrected chi connectivity index (χ2v) is 9.39. The van der Waals surface area contributed by atoms with E-state index in [0.29, 0.717) is 38.0 Å². The Balaban J connectivity index is 1.65. The van der Waals surface area contributed by atoms with Gasteiger partial charge in [-0.3, -0.25) is 4.79 Å². The van der Waals surface area contributed by atoms with Crippen LogP contribution < -0.4 is 5.32 Å². The Hall–Kier alpha value is -2.78. The van der Waals surface area contributed by atoms with Crippen LogP contribution >= 0.6 is 0 Å². The number of nitrogens with one attached hydrogen (secondary N) is 1.